The first-order chi connectivity index (χ1) is 15.1. The number of ether oxygens (including phenoxy) is 1. The van der Waals surface area contributed by atoms with Crippen LogP contribution in [0.5, 0.6) is 5.75 Å². The number of methoxy groups -OCH3 is 1. The molecule has 2 aliphatic heterocycles. The zero-order chi connectivity index (χ0) is 23.2. The number of benzene rings is 1. The van der Waals surface area contributed by atoms with Crippen LogP contribution < -0.4 is 15.5 Å². The molecular formula is C23H25F2N3O4. The molecule has 2 bridgehead atoms. The third-order valence-electron chi connectivity index (χ3n) is 6.18. The molecule has 2 amide bonds. The molecule has 1 fully saturated rings. The van der Waals surface area contributed by atoms with E-state index < -0.39 is 23.0 Å². The maximum Gasteiger partial charge on any atom is 0.274 e. The molecule has 4 rings (SSSR count). The Morgan fingerprint density at radius 1 is 1.28 bits per heavy atom. The van der Waals surface area contributed by atoms with Crippen molar-refractivity contribution in [2.24, 2.45) is 5.41 Å². The molecule has 170 valence electrons. The zero-order valence-corrected chi connectivity index (χ0v) is 18.2. The van der Waals surface area contributed by atoms with Crippen molar-refractivity contribution in [3.63, 3.8) is 0 Å². The van der Waals surface area contributed by atoms with Gasteiger partial charge in [0.05, 0.1) is 13.2 Å². The molecule has 2 aliphatic rings. The summed E-state index contributed by atoms with van der Waals surface area (Å²) in [7, 11) is 1.29. The Bertz CT molecular complexity index is 1160. The molecule has 1 aromatic carbocycles. The second-order valence-corrected chi connectivity index (χ2v) is 9.12. The Labute approximate surface area is 184 Å². The summed E-state index contributed by atoms with van der Waals surface area (Å²) in [5.41, 5.74) is -0.740. The van der Waals surface area contributed by atoms with Gasteiger partial charge in [0.1, 0.15) is 17.2 Å². The fraction of sp³-hybridized carbons (Fsp3) is 0.435. The average Bonchev–Trinajstić information content (AvgIpc) is 2.87. The number of fused-ring (bicyclic) bond motifs is 4. The third kappa shape index (κ3) is 3.87. The number of pyridine rings is 1. The van der Waals surface area contributed by atoms with Gasteiger partial charge in [-0.3, -0.25) is 14.4 Å². The van der Waals surface area contributed by atoms with E-state index >= 15 is 0 Å². The quantitative estimate of drug-likeness (QED) is 0.785. The summed E-state index contributed by atoms with van der Waals surface area (Å²) < 4.78 is 34.0. The highest BCUT2D eigenvalue weighted by atomic mass is 19.1. The summed E-state index contributed by atoms with van der Waals surface area (Å²) in [6.45, 7) is 5.03. The van der Waals surface area contributed by atoms with E-state index in [0.717, 1.165) is 25.0 Å². The Morgan fingerprint density at radius 3 is 2.72 bits per heavy atom. The lowest BCUT2D eigenvalue weighted by Crippen LogP contribution is -2.46. The van der Waals surface area contributed by atoms with Crippen molar-refractivity contribution in [3.8, 4) is 5.75 Å². The highest BCUT2D eigenvalue weighted by molar-refractivity contribution is 5.99. The van der Waals surface area contributed by atoms with Crippen LogP contribution in [0.4, 0.5) is 8.78 Å². The molecule has 1 aromatic heterocycles. The number of nitrogens with zero attached hydrogens (tertiary/aromatic N) is 2. The number of amides is 2. The molecule has 0 radical (unpaired) electrons. The lowest BCUT2D eigenvalue weighted by Gasteiger charge is -2.36. The van der Waals surface area contributed by atoms with Crippen molar-refractivity contribution < 1.29 is 23.1 Å². The molecule has 32 heavy (non-hydrogen) atoms. The number of carbonyl (C=O) groups is 2. The SMILES string of the molecule is COc1c2n(cc(C(=O)NCc3ccc(F)cc3F)c1=O)C1CCC(C)(C)CN(C1)C2=O. The first-order valence-electron chi connectivity index (χ1n) is 10.5. The second kappa shape index (κ2) is 8.03. The number of nitrogens with one attached hydrogen (secondary N) is 1. The summed E-state index contributed by atoms with van der Waals surface area (Å²) in [6.07, 6.45) is 3.05. The Hall–Kier alpha value is -3.23. The van der Waals surface area contributed by atoms with Crippen LogP contribution >= 0.6 is 0 Å². The lowest BCUT2D eigenvalue weighted by molar-refractivity contribution is 0.0628. The van der Waals surface area contributed by atoms with Crippen LogP contribution in [0.1, 0.15) is 59.1 Å². The maximum atomic E-state index is 13.9. The normalized spacial score (nSPS) is 19.2. The predicted molar refractivity (Wildman–Crippen MR) is 113 cm³/mol. The number of rotatable bonds is 4. The summed E-state index contributed by atoms with van der Waals surface area (Å²) in [5, 5.41) is 2.50. The number of aromatic nitrogens is 1. The van der Waals surface area contributed by atoms with Crippen LogP contribution in [0.15, 0.2) is 29.2 Å². The minimum atomic E-state index is -0.795. The predicted octanol–water partition coefficient (Wildman–Crippen LogP) is 2.88. The van der Waals surface area contributed by atoms with Gasteiger partial charge in [0, 0.05) is 37.5 Å². The van der Waals surface area contributed by atoms with Crippen LogP contribution in [0.25, 0.3) is 0 Å². The van der Waals surface area contributed by atoms with Crippen LogP contribution in [0, 0.1) is 17.0 Å². The van der Waals surface area contributed by atoms with Crippen molar-refractivity contribution in [1.29, 1.82) is 0 Å². The van der Waals surface area contributed by atoms with Gasteiger partial charge in [0.15, 0.2) is 11.4 Å². The molecule has 3 heterocycles. The number of hydrogen-bond acceptors (Lipinski definition) is 4. The average molecular weight is 445 g/mol. The fourth-order valence-electron chi connectivity index (χ4n) is 4.49. The van der Waals surface area contributed by atoms with Gasteiger partial charge in [-0.1, -0.05) is 19.9 Å². The van der Waals surface area contributed by atoms with E-state index in [1.807, 2.05) is 0 Å². The maximum absolute atomic E-state index is 13.9. The number of hydrogen-bond donors (Lipinski definition) is 1. The van der Waals surface area contributed by atoms with E-state index in [4.69, 9.17) is 4.74 Å². The first kappa shape index (κ1) is 22.0. The van der Waals surface area contributed by atoms with E-state index in [1.165, 1.54) is 19.4 Å². The monoisotopic (exact) mass is 445 g/mol. The second-order valence-electron chi connectivity index (χ2n) is 9.12. The minimum absolute atomic E-state index is 0.0695. The van der Waals surface area contributed by atoms with Crippen molar-refractivity contribution in [2.75, 3.05) is 20.2 Å². The standard InChI is InChI=1S/C23H25F2N3O4/c1-23(2)7-6-15-10-27(12-23)22(31)18-20(32-3)19(29)16(11-28(15)18)21(30)26-9-13-4-5-14(24)8-17(13)25/h4-5,8,11,15H,6-7,9-10,12H2,1-3H3,(H,26,30). The fourth-order valence-corrected chi connectivity index (χ4v) is 4.49. The number of halogens is 2. The summed E-state index contributed by atoms with van der Waals surface area (Å²) in [6, 6.07) is 2.95. The van der Waals surface area contributed by atoms with Gasteiger partial charge in [-0.05, 0) is 24.3 Å². The Morgan fingerprint density at radius 2 is 2.03 bits per heavy atom. The molecule has 2 aromatic rings. The highest BCUT2D eigenvalue weighted by Gasteiger charge is 2.40. The topological polar surface area (TPSA) is 80.6 Å². The summed E-state index contributed by atoms with van der Waals surface area (Å²) in [5.74, 6) is -2.72. The molecule has 7 nitrogen and oxygen atoms in total. The molecule has 9 heteroatoms. The van der Waals surface area contributed by atoms with E-state index in [9.17, 15) is 23.2 Å². The molecule has 1 atom stereocenters. The lowest BCUT2D eigenvalue weighted by atomic mass is 9.87. The molecule has 1 unspecified atom stereocenters. The van der Waals surface area contributed by atoms with E-state index in [1.54, 1.807) is 9.47 Å². The summed E-state index contributed by atoms with van der Waals surface area (Å²) in [4.78, 5) is 40.8. The van der Waals surface area contributed by atoms with Crippen LogP contribution in [0.2, 0.25) is 0 Å². The van der Waals surface area contributed by atoms with E-state index in [2.05, 4.69) is 19.2 Å². The van der Waals surface area contributed by atoms with Gasteiger partial charge >= 0.3 is 0 Å². The van der Waals surface area contributed by atoms with Crippen LogP contribution in [-0.2, 0) is 6.54 Å². The smallest absolute Gasteiger partial charge is 0.274 e. The minimum Gasteiger partial charge on any atom is -0.491 e. The molecule has 1 saturated heterocycles. The first-order valence-corrected chi connectivity index (χ1v) is 10.5. The van der Waals surface area contributed by atoms with Gasteiger partial charge in [-0.25, -0.2) is 8.78 Å². The highest BCUT2D eigenvalue weighted by Crippen LogP contribution is 2.38. The molecule has 0 saturated carbocycles. The van der Waals surface area contributed by atoms with Crippen LogP contribution in [0.3, 0.4) is 0 Å². The molecule has 0 aliphatic carbocycles. The van der Waals surface area contributed by atoms with Gasteiger partial charge in [-0.2, -0.15) is 0 Å². The Kier molecular flexibility index (Phi) is 5.52. The van der Waals surface area contributed by atoms with Crippen molar-refractivity contribution in [3.05, 3.63) is 63.1 Å². The molecule has 1 N–H and O–H groups in total. The van der Waals surface area contributed by atoms with Crippen molar-refractivity contribution in [1.82, 2.24) is 14.8 Å². The van der Waals surface area contributed by atoms with E-state index in [0.29, 0.717) is 13.1 Å². The van der Waals surface area contributed by atoms with Crippen molar-refractivity contribution in [2.45, 2.75) is 39.3 Å². The molecule has 0 spiro atoms. The van der Waals surface area contributed by atoms with Gasteiger partial charge in [0.2, 0.25) is 5.43 Å². The zero-order valence-electron chi connectivity index (χ0n) is 18.2. The number of carbonyl (C=O) groups excluding carboxylic acids is 2. The van der Waals surface area contributed by atoms with Gasteiger partial charge in [0.25, 0.3) is 11.8 Å². The van der Waals surface area contributed by atoms with Crippen LogP contribution in [-0.4, -0.2) is 41.5 Å². The van der Waals surface area contributed by atoms with Gasteiger partial charge in [-0.15, -0.1) is 0 Å². The largest absolute Gasteiger partial charge is 0.491 e. The van der Waals surface area contributed by atoms with E-state index in [-0.39, 0.29) is 46.5 Å². The van der Waals surface area contributed by atoms with Gasteiger partial charge < -0.3 is 19.5 Å². The van der Waals surface area contributed by atoms with Crippen molar-refractivity contribution >= 4 is 11.8 Å². The Balaban J connectivity index is 1.70. The molecular weight excluding hydrogens is 420 g/mol. The summed E-state index contributed by atoms with van der Waals surface area (Å²) >= 11 is 0. The third-order valence-corrected chi connectivity index (χ3v) is 6.18.